The van der Waals surface area contributed by atoms with Gasteiger partial charge in [0.25, 0.3) is 0 Å². The molecular weight excluding hydrogens is 156 g/mol. The van der Waals surface area contributed by atoms with E-state index in [9.17, 15) is 9.90 Å². The van der Waals surface area contributed by atoms with Crippen molar-refractivity contribution < 1.29 is 9.90 Å². The third kappa shape index (κ3) is 1.21. The highest BCUT2D eigenvalue weighted by atomic mass is 16.3. The first-order valence-electron chi connectivity index (χ1n) is 4.33. The van der Waals surface area contributed by atoms with E-state index >= 15 is 0 Å². The van der Waals surface area contributed by atoms with Crippen LogP contribution in [0.5, 0.6) is 0 Å². The van der Waals surface area contributed by atoms with Crippen molar-refractivity contribution in [3.63, 3.8) is 0 Å². The standard InChI is InChI=1S/C8H14N2O2/c1-9-3-6(4-9)10-5-7(11)2-8(10)12/h6-7,11H,2-5H2,1H3. The van der Waals surface area contributed by atoms with E-state index in [-0.39, 0.29) is 5.91 Å². The van der Waals surface area contributed by atoms with Crippen molar-refractivity contribution in [3.8, 4) is 0 Å². The van der Waals surface area contributed by atoms with Crippen LogP contribution in [0.2, 0.25) is 0 Å². The maximum atomic E-state index is 11.3. The molecule has 2 rings (SSSR count). The number of likely N-dealkylation sites (N-methyl/N-ethyl adjacent to an activating group) is 1. The molecule has 0 aliphatic carbocycles. The van der Waals surface area contributed by atoms with Gasteiger partial charge in [0.2, 0.25) is 5.91 Å². The van der Waals surface area contributed by atoms with Gasteiger partial charge in [0.1, 0.15) is 0 Å². The molecular formula is C8H14N2O2. The average molecular weight is 170 g/mol. The van der Waals surface area contributed by atoms with Gasteiger partial charge < -0.3 is 14.9 Å². The largest absolute Gasteiger partial charge is 0.391 e. The van der Waals surface area contributed by atoms with E-state index in [1.165, 1.54) is 0 Å². The predicted octanol–water partition coefficient (Wildman–Crippen LogP) is -1.11. The lowest BCUT2D eigenvalue weighted by molar-refractivity contribution is -0.132. The lowest BCUT2D eigenvalue weighted by Crippen LogP contribution is -2.58. The van der Waals surface area contributed by atoms with Crippen molar-refractivity contribution in [2.45, 2.75) is 18.6 Å². The van der Waals surface area contributed by atoms with Crippen molar-refractivity contribution in [1.29, 1.82) is 0 Å². The van der Waals surface area contributed by atoms with E-state index < -0.39 is 6.10 Å². The highest BCUT2D eigenvalue weighted by Gasteiger charge is 2.37. The van der Waals surface area contributed by atoms with E-state index in [1.807, 2.05) is 11.9 Å². The average Bonchev–Trinajstić information content (AvgIpc) is 2.23. The second-order valence-electron chi connectivity index (χ2n) is 3.78. The zero-order valence-corrected chi connectivity index (χ0v) is 7.23. The van der Waals surface area contributed by atoms with Crippen LogP contribution in [0.25, 0.3) is 0 Å². The van der Waals surface area contributed by atoms with Crippen LogP contribution in [0, 0.1) is 0 Å². The van der Waals surface area contributed by atoms with E-state index in [1.54, 1.807) is 0 Å². The minimum absolute atomic E-state index is 0.112. The van der Waals surface area contributed by atoms with Crippen molar-refractivity contribution in [2.24, 2.45) is 0 Å². The first-order chi connectivity index (χ1) is 5.66. The molecule has 68 valence electrons. The third-order valence-electron chi connectivity index (χ3n) is 2.62. The lowest BCUT2D eigenvalue weighted by atomic mass is 10.1. The molecule has 1 N–H and O–H groups in total. The minimum atomic E-state index is -0.427. The number of likely N-dealkylation sites (tertiary alicyclic amines) is 2. The first kappa shape index (κ1) is 8.01. The van der Waals surface area contributed by atoms with Crippen LogP contribution >= 0.6 is 0 Å². The minimum Gasteiger partial charge on any atom is -0.391 e. The summed E-state index contributed by atoms with van der Waals surface area (Å²) in [5.74, 6) is 0.112. The Bertz CT molecular complexity index is 201. The van der Waals surface area contributed by atoms with Gasteiger partial charge in [-0.2, -0.15) is 0 Å². The van der Waals surface area contributed by atoms with Crippen LogP contribution in [0.4, 0.5) is 0 Å². The van der Waals surface area contributed by atoms with Gasteiger partial charge in [0.15, 0.2) is 0 Å². The van der Waals surface area contributed by atoms with Gasteiger partial charge in [-0.15, -0.1) is 0 Å². The van der Waals surface area contributed by atoms with E-state index in [4.69, 9.17) is 0 Å². The number of hydrogen-bond acceptors (Lipinski definition) is 3. The van der Waals surface area contributed by atoms with Crippen molar-refractivity contribution >= 4 is 5.91 Å². The molecule has 12 heavy (non-hydrogen) atoms. The fourth-order valence-electron chi connectivity index (χ4n) is 1.93. The molecule has 0 radical (unpaired) electrons. The first-order valence-corrected chi connectivity index (χ1v) is 4.33. The monoisotopic (exact) mass is 170 g/mol. The zero-order valence-electron chi connectivity index (χ0n) is 7.23. The Morgan fingerprint density at radius 3 is 2.50 bits per heavy atom. The summed E-state index contributed by atoms with van der Waals surface area (Å²) in [6, 6.07) is 0.361. The summed E-state index contributed by atoms with van der Waals surface area (Å²) in [7, 11) is 2.04. The summed E-state index contributed by atoms with van der Waals surface area (Å²) in [5.41, 5.74) is 0. The van der Waals surface area contributed by atoms with Gasteiger partial charge in [-0.1, -0.05) is 0 Å². The van der Waals surface area contributed by atoms with Gasteiger partial charge in [-0.05, 0) is 7.05 Å². The Morgan fingerprint density at radius 1 is 1.42 bits per heavy atom. The van der Waals surface area contributed by atoms with E-state index in [2.05, 4.69) is 4.90 Å². The number of aliphatic hydroxyl groups excluding tert-OH is 1. The van der Waals surface area contributed by atoms with Crippen LogP contribution in [0.1, 0.15) is 6.42 Å². The Kier molecular flexibility index (Phi) is 1.81. The molecule has 0 aromatic rings. The number of aliphatic hydroxyl groups is 1. The number of nitrogens with zero attached hydrogens (tertiary/aromatic N) is 2. The molecule has 1 amide bonds. The molecule has 2 aliphatic heterocycles. The molecule has 0 bridgehead atoms. The van der Waals surface area contributed by atoms with E-state index in [0.717, 1.165) is 13.1 Å². The van der Waals surface area contributed by atoms with Crippen molar-refractivity contribution in [1.82, 2.24) is 9.80 Å². The maximum Gasteiger partial charge on any atom is 0.225 e. The van der Waals surface area contributed by atoms with Crippen LogP contribution in [-0.4, -0.2) is 59.6 Å². The smallest absolute Gasteiger partial charge is 0.225 e. The number of carbonyl (C=O) groups is 1. The summed E-state index contributed by atoms with van der Waals surface area (Å²) in [6.07, 6.45) is -0.108. The van der Waals surface area contributed by atoms with Crippen molar-refractivity contribution in [2.75, 3.05) is 26.7 Å². The summed E-state index contributed by atoms with van der Waals surface area (Å²) in [5, 5.41) is 9.23. The third-order valence-corrected chi connectivity index (χ3v) is 2.62. The Labute approximate surface area is 71.8 Å². The van der Waals surface area contributed by atoms with Gasteiger partial charge in [-0.25, -0.2) is 0 Å². The Balaban J connectivity index is 1.92. The molecule has 4 heteroatoms. The van der Waals surface area contributed by atoms with Crippen LogP contribution in [0.15, 0.2) is 0 Å². The predicted molar refractivity (Wildman–Crippen MR) is 43.6 cm³/mol. The van der Waals surface area contributed by atoms with Crippen LogP contribution in [0.3, 0.4) is 0 Å². The Morgan fingerprint density at radius 2 is 2.08 bits per heavy atom. The quantitative estimate of drug-likeness (QED) is 0.543. The number of carbonyl (C=O) groups excluding carboxylic acids is 1. The Hall–Kier alpha value is -0.610. The van der Waals surface area contributed by atoms with E-state index in [0.29, 0.717) is 19.0 Å². The molecule has 0 saturated carbocycles. The molecule has 2 fully saturated rings. The second-order valence-corrected chi connectivity index (χ2v) is 3.78. The van der Waals surface area contributed by atoms with Crippen LogP contribution in [-0.2, 0) is 4.79 Å². The molecule has 0 spiro atoms. The number of hydrogen-bond donors (Lipinski definition) is 1. The topological polar surface area (TPSA) is 43.8 Å². The number of rotatable bonds is 1. The van der Waals surface area contributed by atoms with Gasteiger partial charge >= 0.3 is 0 Å². The molecule has 4 nitrogen and oxygen atoms in total. The molecule has 1 atom stereocenters. The molecule has 0 aromatic carbocycles. The molecule has 2 saturated heterocycles. The molecule has 0 aromatic heterocycles. The SMILES string of the molecule is CN1CC(N2CC(O)CC2=O)C1. The zero-order chi connectivity index (χ0) is 8.72. The normalized spacial score (nSPS) is 32.7. The second kappa shape index (κ2) is 2.71. The van der Waals surface area contributed by atoms with Crippen LogP contribution < -0.4 is 0 Å². The summed E-state index contributed by atoms with van der Waals surface area (Å²) in [6.45, 7) is 2.45. The molecule has 1 unspecified atom stereocenters. The van der Waals surface area contributed by atoms with Gasteiger partial charge in [0.05, 0.1) is 18.6 Å². The maximum absolute atomic E-state index is 11.3. The van der Waals surface area contributed by atoms with Crippen molar-refractivity contribution in [3.05, 3.63) is 0 Å². The summed E-state index contributed by atoms with van der Waals surface area (Å²) in [4.78, 5) is 15.3. The van der Waals surface area contributed by atoms with Gasteiger partial charge in [-0.3, -0.25) is 4.79 Å². The molecule has 2 heterocycles. The summed E-state index contributed by atoms with van der Waals surface area (Å²) < 4.78 is 0. The molecule has 2 aliphatic rings. The highest BCUT2D eigenvalue weighted by Crippen LogP contribution is 2.19. The number of amides is 1. The number of β-amino-alcohol motifs (C(OH)–C–C–N with tert-alkyl or cyclic N) is 1. The van der Waals surface area contributed by atoms with Gasteiger partial charge in [0, 0.05) is 19.6 Å². The fourth-order valence-corrected chi connectivity index (χ4v) is 1.93. The lowest BCUT2D eigenvalue weighted by Gasteiger charge is -2.41. The fraction of sp³-hybridized carbons (Fsp3) is 0.875. The highest BCUT2D eigenvalue weighted by molar-refractivity contribution is 5.79. The summed E-state index contributed by atoms with van der Waals surface area (Å²) >= 11 is 0.